The van der Waals surface area contributed by atoms with Gasteiger partial charge in [-0.2, -0.15) is 0 Å². The van der Waals surface area contributed by atoms with Crippen LogP contribution in [0, 0.1) is 0 Å². The number of aromatic nitrogens is 2. The number of rotatable bonds is 9. The number of imidazole rings is 1. The van der Waals surface area contributed by atoms with Crippen molar-refractivity contribution in [1.29, 1.82) is 0 Å². The zero-order chi connectivity index (χ0) is 29.0. The largest absolute Gasteiger partial charge is 0.326 e. The van der Waals surface area contributed by atoms with E-state index in [1.54, 1.807) is 0 Å². The van der Waals surface area contributed by atoms with Crippen LogP contribution in [-0.2, 0) is 11.6 Å². The molecule has 0 radical (unpaired) electrons. The third-order valence-electron chi connectivity index (χ3n) is 8.04. The van der Waals surface area contributed by atoms with Gasteiger partial charge in [-0.05, 0) is 23.1 Å². The molecular weight excluding hydrogens is 523 g/mol. The molecule has 0 saturated heterocycles. The van der Waals surface area contributed by atoms with E-state index >= 15 is 0 Å². The number of hydrogen-bond acceptors (Lipinski definition) is 1. The van der Waals surface area contributed by atoms with Crippen LogP contribution in [0.4, 0.5) is 0 Å². The first-order valence-corrected chi connectivity index (χ1v) is 16.4. The maximum absolute atomic E-state index is 4.41. The minimum Gasteiger partial charge on any atom is -0.326 e. The fourth-order valence-electron chi connectivity index (χ4n) is 5.83. The average molecular weight is 563 g/mol. The molecule has 5 aromatic carbocycles. The highest BCUT2D eigenvalue weighted by Gasteiger charge is 2.36. The Morgan fingerprint density at radius 2 is 1.19 bits per heavy atom. The van der Waals surface area contributed by atoms with Crippen molar-refractivity contribution in [2.75, 3.05) is 0 Å². The van der Waals surface area contributed by atoms with Crippen LogP contribution in [0.2, 0.25) is 6.82 Å². The lowest BCUT2D eigenvalue weighted by atomic mass is 9.43. The van der Waals surface area contributed by atoms with E-state index in [0.717, 1.165) is 6.42 Å². The van der Waals surface area contributed by atoms with Crippen molar-refractivity contribution in [2.45, 2.75) is 31.8 Å². The van der Waals surface area contributed by atoms with Crippen LogP contribution < -0.4 is 16.1 Å². The highest BCUT2D eigenvalue weighted by Crippen LogP contribution is 2.33. The summed E-state index contributed by atoms with van der Waals surface area (Å²) < 4.78 is 2.32. The highest BCUT2D eigenvalue weighted by molar-refractivity contribution is 6.84. The van der Waals surface area contributed by atoms with Crippen LogP contribution >= 0.6 is 0 Å². The quantitative estimate of drug-likeness (QED) is 0.198. The second kappa shape index (κ2) is 14.5. The number of nitrogens with zero attached hydrogens (tertiary/aromatic N) is 2. The highest BCUT2D eigenvalue weighted by atomic mass is 28.2. The fraction of sp³-hybridized carbons (Fsp3) is 0.132. The van der Waals surface area contributed by atoms with E-state index in [9.17, 15) is 0 Å². The molecule has 0 N–H and O–H groups in total. The van der Waals surface area contributed by atoms with Gasteiger partial charge in [0.2, 0.25) is 6.71 Å². The summed E-state index contributed by atoms with van der Waals surface area (Å²) in [6, 6.07) is 52.2. The van der Waals surface area contributed by atoms with Crippen LogP contribution in [0.25, 0.3) is 0 Å². The van der Waals surface area contributed by atoms with Gasteiger partial charge in [0.05, 0.1) is 21.0 Å². The summed E-state index contributed by atoms with van der Waals surface area (Å²) in [6.07, 6.45) is 8.29. The maximum atomic E-state index is 4.41. The molecule has 0 amide bonds. The molecule has 208 valence electrons. The molecule has 0 aliphatic rings. The van der Waals surface area contributed by atoms with E-state index in [1.807, 2.05) is 12.5 Å². The van der Waals surface area contributed by atoms with E-state index in [1.165, 1.54) is 39.2 Å². The van der Waals surface area contributed by atoms with Gasteiger partial charge in [0, 0.05) is 12.4 Å². The monoisotopic (exact) mass is 562 g/mol. The van der Waals surface area contributed by atoms with Crippen molar-refractivity contribution in [3.8, 4) is 0 Å². The summed E-state index contributed by atoms with van der Waals surface area (Å²) in [6.45, 7) is 4.97. The summed E-state index contributed by atoms with van der Waals surface area (Å²) in [7, 11) is -0.785. The van der Waals surface area contributed by atoms with Crippen molar-refractivity contribution >= 4 is 32.3 Å². The van der Waals surface area contributed by atoms with Crippen LogP contribution in [0.5, 0.6) is 0 Å². The van der Waals surface area contributed by atoms with Crippen molar-refractivity contribution in [1.82, 2.24) is 9.55 Å². The molecule has 1 aromatic heterocycles. The number of hydrogen-bond donors (Lipinski definition) is 0. The van der Waals surface area contributed by atoms with Crippen molar-refractivity contribution in [3.63, 3.8) is 0 Å². The predicted octanol–water partition coefficient (Wildman–Crippen LogP) is 6.00. The van der Waals surface area contributed by atoms with Gasteiger partial charge in [-0.15, -0.1) is 0 Å². The summed E-state index contributed by atoms with van der Waals surface area (Å²) in [4.78, 5) is 4.41. The molecule has 0 aliphatic carbocycles. The molecule has 1 heterocycles. The molecule has 0 saturated carbocycles. The number of aryl methyl sites for hydroxylation is 1. The summed E-state index contributed by atoms with van der Waals surface area (Å²) >= 11 is 0. The lowest BCUT2D eigenvalue weighted by Crippen LogP contribution is -2.46. The zero-order valence-corrected chi connectivity index (χ0v) is 26.1. The minimum atomic E-state index is -0.785. The molecule has 6 rings (SSSR count). The Morgan fingerprint density at radius 1 is 0.667 bits per heavy atom. The first-order valence-electron chi connectivity index (χ1n) is 15.0. The first-order chi connectivity index (χ1) is 20.7. The topological polar surface area (TPSA) is 17.8 Å². The molecule has 0 fully saturated rings. The van der Waals surface area contributed by atoms with Crippen molar-refractivity contribution in [2.24, 2.45) is 0 Å². The molecule has 42 heavy (non-hydrogen) atoms. The number of benzene rings is 5. The van der Waals surface area contributed by atoms with E-state index in [0.29, 0.717) is 6.71 Å². The summed E-state index contributed by atoms with van der Waals surface area (Å²) in [5.41, 5.74) is 6.84. The van der Waals surface area contributed by atoms with Crippen LogP contribution in [0.3, 0.4) is 0 Å². The van der Waals surface area contributed by atoms with Gasteiger partial charge in [-0.1, -0.05) is 182 Å². The van der Waals surface area contributed by atoms with E-state index in [-0.39, 0.29) is 5.16 Å². The standard InChI is InChI=1S/C25H26N2Si.C13H13B/c1-2-10-21-11-9-16-24(19-21)28-25(27-18-17-26-20-27,22-12-5-3-6-13-22)23-14-7-4-8-15-23;1-14(12-8-4-2-5-9-12)13-10-6-3-7-11-13/h3-9,11-20H,2,10,28H2,1H3;2-11H,1H3. The Kier molecular flexibility index (Phi) is 10.0. The SMILES string of the molecule is CB(c1ccccc1)c1ccccc1.CCCc1cccc([SiH2]C(c2ccccc2)(c2ccccc2)n2ccnc2)c1. The lowest BCUT2D eigenvalue weighted by Gasteiger charge is -2.37. The van der Waals surface area contributed by atoms with E-state index in [4.69, 9.17) is 0 Å². The molecule has 0 bridgehead atoms. The van der Waals surface area contributed by atoms with Crippen LogP contribution in [0.1, 0.15) is 30.0 Å². The molecule has 0 aliphatic heterocycles. The Morgan fingerprint density at radius 3 is 1.67 bits per heavy atom. The smallest absolute Gasteiger partial charge is 0.206 e. The summed E-state index contributed by atoms with van der Waals surface area (Å²) in [5, 5.41) is 1.27. The third kappa shape index (κ3) is 6.90. The molecule has 4 heteroatoms. The van der Waals surface area contributed by atoms with E-state index in [2.05, 4.69) is 175 Å². The first kappa shape index (κ1) is 29.1. The van der Waals surface area contributed by atoms with Gasteiger partial charge < -0.3 is 4.57 Å². The van der Waals surface area contributed by atoms with Gasteiger partial charge in [0.25, 0.3) is 0 Å². The Hall–Kier alpha value is -4.41. The van der Waals surface area contributed by atoms with Gasteiger partial charge in [0.15, 0.2) is 0 Å². The third-order valence-corrected chi connectivity index (χ3v) is 10.6. The Labute approximate surface area is 254 Å². The minimum absolute atomic E-state index is 0.205. The summed E-state index contributed by atoms with van der Waals surface area (Å²) in [5.74, 6) is 0. The van der Waals surface area contributed by atoms with Gasteiger partial charge in [-0.25, -0.2) is 4.98 Å². The van der Waals surface area contributed by atoms with Gasteiger partial charge >= 0.3 is 0 Å². The lowest BCUT2D eigenvalue weighted by molar-refractivity contribution is 0.596. The molecule has 0 unspecified atom stereocenters. The van der Waals surface area contributed by atoms with Crippen LogP contribution in [0.15, 0.2) is 164 Å². The molecule has 2 nitrogen and oxygen atoms in total. The Balaban J connectivity index is 0.000000211. The van der Waals surface area contributed by atoms with Crippen LogP contribution in [-0.4, -0.2) is 25.8 Å². The zero-order valence-electron chi connectivity index (χ0n) is 24.7. The molecule has 0 spiro atoms. The fourth-order valence-corrected chi connectivity index (χ4v) is 8.29. The predicted molar refractivity (Wildman–Crippen MR) is 184 cm³/mol. The second-order valence-corrected chi connectivity index (χ2v) is 13.0. The maximum Gasteiger partial charge on any atom is 0.206 e. The van der Waals surface area contributed by atoms with Gasteiger partial charge in [0.1, 0.15) is 0 Å². The van der Waals surface area contributed by atoms with Crippen molar-refractivity contribution < 1.29 is 0 Å². The Bertz CT molecular complexity index is 1530. The average Bonchev–Trinajstić information content (AvgIpc) is 3.61. The normalized spacial score (nSPS) is 11.2. The molecule has 0 atom stereocenters. The van der Waals surface area contributed by atoms with Crippen molar-refractivity contribution in [3.05, 3.63) is 181 Å². The van der Waals surface area contributed by atoms with E-state index < -0.39 is 9.52 Å². The molecular formula is C38H39BN2Si. The molecule has 6 aromatic rings. The van der Waals surface area contributed by atoms with Gasteiger partial charge in [-0.3, -0.25) is 0 Å². The second-order valence-electron chi connectivity index (χ2n) is 10.9.